The molecule has 0 saturated heterocycles. The highest BCUT2D eigenvalue weighted by molar-refractivity contribution is 7.09. The van der Waals surface area contributed by atoms with Crippen molar-refractivity contribution in [1.82, 2.24) is 15.6 Å². The van der Waals surface area contributed by atoms with Crippen LogP contribution in [0, 0.1) is 0 Å². The van der Waals surface area contributed by atoms with E-state index in [4.69, 9.17) is 4.42 Å². The summed E-state index contributed by atoms with van der Waals surface area (Å²) in [6.07, 6.45) is 2.57. The second-order valence-corrected chi connectivity index (χ2v) is 6.59. The molecular formula is C19H21N3O2S. The number of rotatable bonds is 8. The summed E-state index contributed by atoms with van der Waals surface area (Å²) in [5, 5.41) is 9.48. The standard InChI is InChI=1S/C19H21N3O2S/c1-2-18-22-16(13-25-18)11-20-10-14-5-3-6-15(9-14)19(23)21-12-17-7-4-8-24-17/h3-9,13,20H,2,10-12H2,1H3,(H,21,23). The molecule has 0 radical (unpaired) electrons. The molecule has 0 aliphatic carbocycles. The van der Waals surface area contributed by atoms with Crippen LogP contribution in [-0.2, 0) is 26.1 Å². The Kier molecular flexibility index (Phi) is 5.98. The van der Waals surface area contributed by atoms with Crippen LogP contribution in [0.3, 0.4) is 0 Å². The average Bonchev–Trinajstić information content (AvgIpc) is 3.31. The Bertz CT molecular complexity index is 812. The summed E-state index contributed by atoms with van der Waals surface area (Å²) in [5.74, 6) is 0.631. The molecule has 0 aliphatic rings. The van der Waals surface area contributed by atoms with Crippen molar-refractivity contribution in [2.45, 2.75) is 33.0 Å². The van der Waals surface area contributed by atoms with Crippen LogP contribution in [0.15, 0.2) is 52.5 Å². The fourth-order valence-corrected chi connectivity index (χ4v) is 3.18. The number of furan rings is 1. The summed E-state index contributed by atoms with van der Waals surface area (Å²) in [4.78, 5) is 16.8. The second kappa shape index (κ2) is 8.60. The number of carbonyl (C=O) groups is 1. The predicted octanol–water partition coefficient (Wildman–Crippen LogP) is 3.52. The molecule has 0 atom stereocenters. The predicted molar refractivity (Wildman–Crippen MR) is 98.4 cm³/mol. The molecular weight excluding hydrogens is 334 g/mol. The molecule has 25 heavy (non-hydrogen) atoms. The summed E-state index contributed by atoms with van der Waals surface area (Å²) in [6.45, 7) is 3.92. The van der Waals surface area contributed by atoms with Gasteiger partial charge in [-0.1, -0.05) is 19.1 Å². The first kappa shape index (κ1) is 17.4. The number of thiazole rings is 1. The van der Waals surface area contributed by atoms with Gasteiger partial charge >= 0.3 is 0 Å². The fraction of sp³-hybridized carbons (Fsp3) is 0.263. The van der Waals surface area contributed by atoms with E-state index in [0.717, 1.165) is 35.0 Å². The van der Waals surface area contributed by atoms with Crippen molar-refractivity contribution >= 4 is 17.2 Å². The third-order valence-corrected chi connectivity index (χ3v) is 4.77. The number of hydrogen-bond acceptors (Lipinski definition) is 5. The number of aryl methyl sites for hydroxylation is 1. The van der Waals surface area contributed by atoms with Gasteiger partial charge in [-0.3, -0.25) is 4.79 Å². The third kappa shape index (κ3) is 5.01. The zero-order valence-corrected chi connectivity index (χ0v) is 14.9. The van der Waals surface area contributed by atoms with E-state index in [2.05, 4.69) is 27.9 Å². The minimum absolute atomic E-state index is 0.106. The van der Waals surface area contributed by atoms with Gasteiger partial charge in [-0.05, 0) is 36.2 Å². The van der Waals surface area contributed by atoms with Gasteiger partial charge in [-0.25, -0.2) is 4.98 Å². The molecule has 5 nitrogen and oxygen atoms in total. The van der Waals surface area contributed by atoms with E-state index >= 15 is 0 Å². The normalized spacial score (nSPS) is 10.8. The Morgan fingerprint density at radius 2 is 2.12 bits per heavy atom. The van der Waals surface area contributed by atoms with Crippen molar-refractivity contribution in [3.05, 3.63) is 75.6 Å². The molecule has 0 saturated carbocycles. The molecule has 2 heterocycles. The van der Waals surface area contributed by atoms with Crippen LogP contribution in [0.4, 0.5) is 0 Å². The van der Waals surface area contributed by atoms with Gasteiger partial charge in [0.05, 0.1) is 23.5 Å². The molecule has 0 unspecified atom stereocenters. The molecule has 0 fully saturated rings. The van der Waals surface area contributed by atoms with E-state index in [1.165, 1.54) is 0 Å². The van der Waals surface area contributed by atoms with E-state index in [1.807, 2.05) is 30.3 Å². The summed E-state index contributed by atoms with van der Waals surface area (Å²) < 4.78 is 5.22. The van der Waals surface area contributed by atoms with Crippen molar-refractivity contribution in [3.63, 3.8) is 0 Å². The first-order chi connectivity index (χ1) is 12.2. The van der Waals surface area contributed by atoms with Gasteiger partial charge in [-0.15, -0.1) is 11.3 Å². The van der Waals surface area contributed by atoms with Gasteiger partial charge in [-0.2, -0.15) is 0 Å². The fourth-order valence-electron chi connectivity index (χ4n) is 2.43. The second-order valence-electron chi connectivity index (χ2n) is 5.65. The number of carbonyl (C=O) groups excluding carboxylic acids is 1. The summed E-state index contributed by atoms with van der Waals surface area (Å²) in [5.41, 5.74) is 2.78. The highest BCUT2D eigenvalue weighted by Crippen LogP contribution is 2.11. The van der Waals surface area contributed by atoms with Crippen LogP contribution in [0.2, 0.25) is 0 Å². The SMILES string of the molecule is CCc1nc(CNCc2cccc(C(=O)NCc3ccco3)c2)cs1. The number of hydrogen-bond donors (Lipinski definition) is 2. The molecule has 0 spiro atoms. The van der Waals surface area contributed by atoms with Crippen LogP contribution < -0.4 is 10.6 Å². The van der Waals surface area contributed by atoms with Crippen LogP contribution >= 0.6 is 11.3 Å². The molecule has 6 heteroatoms. The van der Waals surface area contributed by atoms with Crippen LogP contribution in [0.5, 0.6) is 0 Å². The Labute approximate surface area is 151 Å². The van der Waals surface area contributed by atoms with Crippen molar-refractivity contribution in [2.75, 3.05) is 0 Å². The highest BCUT2D eigenvalue weighted by Gasteiger charge is 2.07. The van der Waals surface area contributed by atoms with Gasteiger partial charge in [0.25, 0.3) is 5.91 Å². The van der Waals surface area contributed by atoms with E-state index in [1.54, 1.807) is 23.7 Å². The lowest BCUT2D eigenvalue weighted by molar-refractivity contribution is 0.0948. The Balaban J connectivity index is 1.51. The quantitative estimate of drug-likeness (QED) is 0.649. The molecule has 0 aliphatic heterocycles. The van der Waals surface area contributed by atoms with Gasteiger partial charge in [0, 0.05) is 24.0 Å². The maximum atomic E-state index is 12.2. The molecule has 2 N–H and O–H groups in total. The van der Waals surface area contributed by atoms with Crippen molar-refractivity contribution in [1.29, 1.82) is 0 Å². The Morgan fingerprint density at radius 3 is 2.88 bits per heavy atom. The molecule has 2 aromatic heterocycles. The topological polar surface area (TPSA) is 67.2 Å². The van der Waals surface area contributed by atoms with E-state index in [0.29, 0.717) is 18.7 Å². The van der Waals surface area contributed by atoms with E-state index in [-0.39, 0.29) is 5.91 Å². The van der Waals surface area contributed by atoms with Crippen LogP contribution in [0.1, 0.15) is 39.3 Å². The lowest BCUT2D eigenvalue weighted by Gasteiger charge is -2.07. The van der Waals surface area contributed by atoms with Gasteiger partial charge in [0.1, 0.15) is 5.76 Å². The lowest BCUT2D eigenvalue weighted by atomic mass is 10.1. The van der Waals surface area contributed by atoms with Crippen molar-refractivity contribution in [2.24, 2.45) is 0 Å². The van der Waals surface area contributed by atoms with Crippen molar-refractivity contribution < 1.29 is 9.21 Å². The minimum Gasteiger partial charge on any atom is -0.467 e. The zero-order chi connectivity index (χ0) is 17.5. The minimum atomic E-state index is -0.106. The molecule has 3 aromatic rings. The summed E-state index contributed by atoms with van der Waals surface area (Å²) in [6, 6.07) is 11.3. The number of aromatic nitrogens is 1. The average molecular weight is 355 g/mol. The summed E-state index contributed by atoms with van der Waals surface area (Å²) >= 11 is 1.69. The highest BCUT2D eigenvalue weighted by atomic mass is 32.1. The number of nitrogens with zero attached hydrogens (tertiary/aromatic N) is 1. The number of amides is 1. The zero-order valence-electron chi connectivity index (χ0n) is 14.1. The van der Waals surface area contributed by atoms with E-state index in [9.17, 15) is 4.79 Å². The monoisotopic (exact) mass is 355 g/mol. The smallest absolute Gasteiger partial charge is 0.251 e. The van der Waals surface area contributed by atoms with Gasteiger partial charge < -0.3 is 15.1 Å². The van der Waals surface area contributed by atoms with Crippen LogP contribution in [0.25, 0.3) is 0 Å². The third-order valence-electron chi connectivity index (χ3n) is 3.73. The Morgan fingerprint density at radius 1 is 1.20 bits per heavy atom. The lowest BCUT2D eigenvalue weighted by Crippen LogP contribution is -2.23. The van der Waals surface area contributed by atoms with Gasteiger partial charge in [0.15, 0.2) is 0 Å². The summed E-state index contributed by atoms with van der Waals surface area (Å²) in [7, 11) is 0. The molecule has 1 aromatic carbocycles. The maximum absolute atomic E-state index is 12.2. The maximum Gasteiger partial charge on any atom is 0.251 e. The first-order valence-electron chi connectivity index (χ1n) is 8.28. The molecule has 3 rings (SSSR count). The molecule has 1 amide bonds. The molecule has 130 valence electrons. The van der Waals surface area contributed by atoms with E-state index < -0.39 is 0 Å². The number of nitrogens with one attached hydrogen (secondary N) is 2. The Hall–Kier alpha value is -2.44. The molecule has 0 bridgehead atoms. The number of benzene rings is 1. The largest absolute Gasteiger partial charge is 0.467 e. The van der Waals surface area contributed by atoms with Crippen LogP contribution in [-0.4, -0.2) is 10.9 Å². The first-order valence-corrected chi connectivity index (χ1v) is 9.16. The van der Waals surface area contributed by atoms with Crippen molar-refractivity contribution in [3.8, 4) is 0 Å². The van der Waals surface area contributed by atoms with Gasteiger partial charge in [0.2, 0.25) is 0 Å².